The normalized spacial score (nSPS) is 15.5. The molecule has 1 nitrogen and oxygen atoms in total. The van der Waals surface area contributed by atoms with E-state index < -0.39 is 0 Å². The van der Waals surface area contributed by atoms with Crippen LogP contribution in [0.4, 0.5) is 0 Å². The van der Waals surface area contributed by atoms with Crippen LogP contribution in [0.1, 0.15) is 85.8 Å². The van der Waals surface area contributed by atoms with Crippen molar-refractivity contribution in [3.05, 3.63) is 29.3 Å². The lowest BCUT2D eigenvalue weighted by Crippen LogP contribution is -2.29. The van der Waals surface area contributed by atoms with E-state index in [2.05, 4.69) is 82.8 Å². The molecule has 0 radical (unpaired) electrons. The topological polar surface area (TPSA) is 9.23 Å². The highest BCUT2D eigenvalue weighted by Crippen LogP contribution is 2.40. The summed E-state index contributed by atoms with van der Waals surface area (Å²) in [5.74, 6) is 1.03. The van der Waals surface area contributed by atoms with Crippen LogP contribution in [0, 0.1) is 0 Å². The van der Waals surface area contributed by atoms with E-state index in [0.717, 1.165) is 25.0 Å². The van der Waals surface area contributed by atoms with Crippen molar-refractivity contribution >= 4 is 9.24 Å². The maximum absolute atomic E-state index is 6.48. The molecule has 0 heterocycles. The van der Waals surface area contributed by atoms with E-state index in [0.29, 0.717) is 0 Å². The Labute approximate surface area is 140 Å². The molecule has 0 amide bonds. The molecular weight excluding hydrogens is 287 g/mol. The molecule has 0 N–H and O–H groups in total. The summed E-state index contributed by atoms with van der Waals surface area (Å²) in [6, 6.07) is 6.73. The molecule has 2 unspecified atom stereocenters. The smallest absolute Gasteiger partial charge is 0.124 e. The van der Waals surface area contributed by atoms with Crippen LogP contribution in [0.5, 0.6) is 5.75 Å². The molecule has 0 fully saturated rings. The first kappa shape index (κ1) is 19.5. The molecule has 22 heavy (non-hydrogen) atoms. The van der Waals surface area contributed by atoms with Crippen molar-refractivity contribution in [2.24, 2.45) is 0 Å². The molecular formula is C20H35OP. The highest BCUT2D eigenvalue weighted by atomic mass is 31.0. The van der Waals surface area contributed by atoms with Gasteiger partial charge in [0.15, 0.2) is 0 Å². The zero-order valence-corrected chi connectivity index (χ0v) is 17.0. The van der Waals surface area contributed by atoms with Crippen molar-refractivity contribution < 1.29 is 4.74 Å². The van der Waals surface area contributed by atoms with Crippen molar-refractivity contribution in [3.63, 3.8) is 0 Å². The highest BCUT2D eigenvalue weighted by molar-refractivity contribution is 7.18. The number of hydrogen-bond donors (Lipinski definition) is 0. The fourth-order valence-electron chi connectivity index (χ4n) is 2.61. The minimum Gasteiger partial charge on any atom is -0.483 e. The minimum atomic E-state index is -0.155. The zero-order chi connectivity index (χ0) is 17.2. The lowest BCUT2D eigenvalue weighted by Gasteiger charge is -2.33. The number of benzene rings is 1. The first-order valence-electron chi connectivity index (χ1n) is 8.56. The van der Waals surface area contributed by atoms with Gasteiger partial charge in [0.05, 0.1) is 0 Å². The summed E-state index contributed by atoms with van der Waals surface area (Å²) >= 11 is 0. The fourth-order valence-corrected chi connectivity index (χ4v) is 3.03. The molecule has 0 aliphatic carbocycles. The Morgan fingerprint density at radius 3 is 1.95 bits per heavy atom. The van der Waals surface area contributed by atoms with Gasteiger partial charge in [-0.15, -0.1) is 0 Å². The Hall–Kier alpha value is -0.550. The van der Waals surface area contributed by atoms with Crippen molar-refractivity contribution in [1.29, 1.82) is 0 Å². The molecule has 1 aromatic rings. The van der Waals surface area contributed by atoms with E-state index in [4.69, 9.17) is 4.74 Å². The molecule has 0 bridgehead atoms. The monoisotopic (exact) mass is 322 g/mol. The zero-order valence-electron chi connectivity index (χ0n) is 15.8. The molecule has 0 saturated heterocycles. The summed E-state index contributed by atoms with van der Waals surface area (Å²) in [4.78, 5) is 0. The van der Waals surface area contributed by atoms with Crippen LogP contribution in [-0.2, 0) is 10.8 Å². The molecule has 2 atom stereocenters. The predicted octanol–water partition coefficient (Wildman–Crippen LogP) is 6.44. The molecule has 0 spiro atoms. The van der Waals surface area contributed by atoms with E-state index >= 15 is 0 Å². The molecule has 1 rings (SSSR count). The van der Waals surface area contributed by atoms with Crippen LogP contribution in [0.2, 0.25) is 0 Å². The predicted molar refractivity (Wildman–Crippen MR) is 102 cm³/mol. The maximum atomic E-state index is 6.48. The Balaban J connectivity index is 3.30. The van der Waals surface area contributed by atoms with E-state index in [-0.39, 0.29) is 16.2 Å². The van der Waals surface area contributed by atoms with Gasteiger partial charge in [-0.3, -0.25) is 0 Å². The number of hydrogen-bond acceptors (Lipinski definition) is 1. The molecule has 0 aliphatic heterocycles. The largest absolute Gasteiger partial charge is 0.483 e. The standard InChI is InChI=1S/C20H35OP/c1-9-13-20(22,10-2)21-17-12-11-15(18(3,4)5)14-16(17)19(6,7)8/h11-12,14H,9-10,13,22H2,1-8H3. The van der Waals surface area contributed by atoms with Gasteiger partial charge in [-0.1, -0.05) is 83.2 Å². The molecule has 126 valence electrons. The third-order valence-electron chi connectivity index (χ3n) is 4.24. The Morgan fingerprint density at radius 2 is 1.55 bits per heavy atom. The maximum Gasteiger partial charge on any atom is 0.124 e. The first-order valence-corrected chi connectivity index (χ1v) is 9.13. The van der Waals surface area contributed by atoms with Crippen LogP contribution in [0.25, 0.3) is 0 Å². The van der Waals surface area contributed by atoms with Crippen LogP contribution in [-0.4, -0.2) is 5.34 Å². The van der Waals surface area contributed by atoms with Gasteiger partial charge in [-0.05, 0) is 40.9 Å². The van der Waals surface area contributed by atoms with Gasteiger partial charge < -0.3 is 4.74 Å². The SMILES string of the molecule is CCCC(P)(CC)Oc1ccc(C(C)(C)C)cc1C(C)(C)C. The van der Waals surface area contributed by atoms with Crippen molar-refractivity contribution in [2.75, 3.05) is 0 Å². The second-order valence-electron chi connectivity index (χ2n) is 8.48. The van der Waals surface area contributed by atoms with E-state index in [9.17, 15) is 0 Å². The van der Waals surface area contributed by atoms with Gasteiger partial charge in [0.25, 0.3) is 0 Å². The third kappa shape index (κ3) is 4.98. The summed E-state index contributed by atoms with van der Waals surface area (Å²) in [6.07, 6.45) is 3.18. The summed E-state index contributed by atoms with van der Waals surface area (Å²) < 4.78 is 6.48. The van der Waals surface area contributed by atoms with Crippen LogP contribution >= 0.6 is 9.24 Å². The second-order valence-corrected chi connectivity index (χ2v) is 9.53. The van der Waals surface area contributed by atoms with Gasteiger partial charge >= 0.3 is 0 Å². The lowest BCUT2D eigenvalue weighted by molar-refractivity contribution is 0.145. The summed E-state index contributed by atoms with van der Waals surface area (Å²) in [5.41, 5.74) is 2.90. The summed E-state index contributed by atoms with van der Waals surface area (Å²) in [6.45, 7) is 18.0. The van der Waals surface area contributed by atoms with Crippen molar-refractivity contribution in [3.8, 4) is 5.75 Å². The van der Waals surface area contributed by atoms with E-state index in [1.54, 1.807) is 0 Å². The summed E-state index contributed by atoms with van der Waals surface area (Å²) in [5, 5.41) is -0.155. The van der Waals surface area contributed by atoms with Gasteiger partial charge in [0.1, 0.15) is 11.1 Å². The molecule has 0 aromatic heterocycles. The Morgan fingerprint density at radius 1 is 0.955 bits per heavy atom. The van der Waals surface area contributed by atoms with E-state index in [1.165, 1.54) is 11.1 Å². The average Bonchev–Trinajstić information content (AvgIpc) is 2.36. The highest BCUT2D eigenvalue weighted by Gasteiger charge is 2.28. The van der Waals surface area contributed by atoms with Crippen LogP contribution in [0.3, 0.4) is 0 Å². The van der Waals surface area contributed by atoms with Crippen LogP contribution in [0.15, 0.2) is 18.2 Å². The quantitative estimate of drug-likeness (QED) is 0.567. The first-order chi connectivity index (χ1) is 9.93. The van der Waals surface area contributed by atoms with Crippen molar-refractivity contribution in [1.82, 2.24) is 0 Å². The van der Waals surface area contributed by atoms with Crippen LogP contribution < -0.4 is 4.74 Å². The third-order valence-corrected chi connectivity index (χ3v) is 5.05. The number of rotatable bonds is 5. The lowest BCUT2D eigenvalue weighted by atomic mass is 9.80. The van der Waals surface area contributed by atoms with Gasteiger partial charge in [-0.2, -0.15) is 0 Å². The fraction of sp³-hybridized carbons (Fsp3) is 0.700. The molecule has 2 heteroatoms. The van der Waals surface area contributed by atoms with Gasteiger partial charge in [0, 0.05) is 0 Å². The Kier molecular flexibility index (Phi) is 6.13. The molecule has 0 saturated carbocycles. The average molecular weight is 322 g/mol. The molecule has 1 aromatic carbocycles. The number of ether oxygens (including phenoxy) is 1. The van der Waals surface area contributed by atoms with Crippen molar-refractivity contribution in [2.45, 2.75) is 90.8 Å². The van der Waals surface area contributed by atoms with Gasteiger partial charge in [0.2, 0.25) is 0 Å². The Bertz CT molecular complexity index is 493. The minimum absolute atomic E-state index is 0.0716. The second kappa shape index (κ2) is 6.91. The summed E-state index contributed by atoms with van der Waals surface area (Å²) in [7, 11) is 2.94. The van der Waals surface area contributed by atoms with E-state index in [1.807, 2.05) is 0 Å². The molecule has 0 aliphatic rings. The van der Waals surface area contributed by atoms with Gasteiger partial charge in [-0.25, -0.2) is 0 Å².